The lowest BCUT2D eigenvalue weighted by atomic mass is 10.1. The Bertz CT molecular complexity index is 1190. The minimum Gasteiger partial charge on any atom is -0.483 e. The van der Waals surface area contributed by atoms with Crippen molar-refractivity contribution in [3.63, 3.8) is 0 Å². The molecule has 6 heteroatoms. The van der Waals surface area contributed by atoms with Crippen molar-refractivity contribution in [3.05, 3.63) is 83.2 Å². The fourth-order valence-electron chi connectivity index (χ4n) is 3.35. The van der Waals surface area contributed by atoms with Gasteiger partial charge in [0.05, 0.1) is 16.8 Å². The first-order valence-corrected chi connectivity index (χ1v) is 10.6. The minimum absolute atomic E-state index is 0.0565. The van der Waals surface area contributed by atoms with Crippen molar-refractivity contribution in [1.82, 2.24) is 9.97 Å². The van der Waals surface area contributed by atoms with E-state index in [1.54, 1.807) is 17.3 Å². The Kier molecular flexibility index (Phi) is 5.77. The van der Waals surface area contributed by atoms with E-state index in [1.807, 2.05) is 43.3 Å². The molecule has 0 N–H and O–H groups in total. The first kappa shape index (κ1) is 20.0. The second kappa shape index (κ2) is 8.63. The molecule has 2 aromatic heterocycles. The molecule has 5 nitrogen and oxygen atoms in total. The van der Waals surface area contributed by atoms with Crippen LogP contribution in [-0.4, -0.2) is 22.5 Å². The van der Waals surface area contributed by atoms with Gasteiger partial charge in [0.15, 0.2) is 11.7 Å². The number of nitrogens with zero attached hydrogens (tertiary/aromatic N) is 3. The van der Waals surface area contributed by atoms with E-state index in [-0.39, 0.29) is 12.5 Å². The number of hydrogen-bond acceptors (Lipinski definition) is 5. The van der Waals surface area contributed by atoms with Crippen molar-refractivity contribution in [3.8, 4) is 5.75 Å². The highest BCUT2D eigenvalue weighted by molar-refractivity contribution is 7.22. The Hall–Kier alpha value is -3.25. The molecule has 0 saturated carbocycles. The molecular weight excluding hydrogens is 394 g/mol. The van der Waals surface area contributed by atoms with E-state index in [4.69, 9.17) is 9.72 Å². The van der Waals surface area contributed by atoms with Gasteiger partial charge in [0.25, 0.3) is 5.91 Å². The predicted molar refractivity (Wildman–Crippen MR) is 121 cm³/mol. The SMILES string of the molecule is Cc1cc(C)c2sc(N(Cc3cccnc3)C(=O)COc3ccccc3C)nc2c1. The van der Waals surface area contributed by atoms with E-state index < -0.39 is 0 Å². The quantitative estimate of drug-likeness (QED) is 0.431. The van der Waals surface area contributed by atoms with Crippen LogP contribution in [-0.2, 0) is 11.3 Å². The Morgan fingerprint density at radius 2 is 1.90 bits per heavy atom. The van der Waals surface area contributed by atoms with Gasteiger partial charge in [-0.1, -0.05) is 41.7 Å². The van der Waals surface area contributed by atoms with Gasteiger partial charge in [-0.15, -0.1) is 0 Å². The number of rotatable bonds is 6. The molecule has 1 amide bonds. The van der Waals surface area contributed by atoms with Crippen LogP contribution in [0, 0.1) is 20.8 Å². The average Bonchev–Trinajstić information content (AvgIpc) is 3.16. The van der Waals surface area contributed by atoms with Crippen LogP contribution in [0.1, 0.15) is 22.3 Å². The zero-order chi connectivity index (χ0) is 21.1. The summed E-state index contributed by atoms with van der Waals surface area (Å²) in [7, 11) is 0. The summed E-state index contributed by atoms with van der Waals surface area (Å²) in [5, 5.41) is 0.668. The van der Waals surface area contributed by atoms with Crippen molar-refractivity contribution in [2.75, 3.05) is 11.5 Å². The van der Waals surface area contributed by atoms with Gasteiger partial charge in [-0.2, -0.15) is 0 Å². The van der Waals surface area contributed by atoms with Crippen molar-refractivity contribution in [1.29, 1.82) is 0 Å². The molecule has 0 aliphatic heterocycles. The van der Waals surface area contributed by atoms with Crippen LogP contribution in [0.3, 0.4) is 0 Å². The number of thiazole rings is 1. The number of anilines is 1. The van der Waals surface area contributed by atoms with E-state index in [2.05, 4.69) is 31.0 Å². The van der Waals surface area contributed by atoms with Gasteiger partial charge >= 0.3 is 0 Å². The molecule has 0 aliphatic rings. The van der Waals surface area contributed by atoms with Gasteiger partial charge in [0.2, 0.25) is 0 Å². The van der Waals surface area contributed by atoms with Gasteiger partial charge < -0.3 is 4.74 Å². The summed E-state index contributed by atoms with van der Waals surface area (Å²) in [5.74, 6) is 0.568. The molecule has 0 radical (unpaired) electrons. The Morgan fingerprint density at radius 1 is 1.07 bits per heavy atom. The third-order valence-corrected chi connectivity index (χ3v) is 6.08. The molecule has 0 unspecified atom stereocenters. The predicted octanol–water partition coefficient (Wildman–Crippen LogP) is 5.23. The molecule has 4 rings (SSSR count). The molecule has 0 spiro atoms. The standard InChI is InChI=1S/C24H23N3O2S/c1-16-11-18(3)23-20(12-16)26-24(30-23)27(14-19-8-6-10-25-13-19)22(28)15-29-21-9-5-4-7-17(21)2/h4-13H,14-15H2,1-3H3. The summed E-state index contributed by atoms with van der Waals surface area (Å²) in [5.41, 5.74) is 5.17. The van der Waals surface area contributed by atoms with Crippen LogP contribution >= 0.6 is 11.3 Å². The maximum Gasteiger partial charge on any atom is 0.267 e. The van der Waals surface area contributed by atoms with E-state index in [0.717, 1.165) is 26.9 Å². The zero-order valence-corrected chi connectivity index (χ0v) is 18.1. The molecular formula is C24H23N3O2S. The fraction of sp³-hybridized carbons (Fsp3) is 0.208. The van der Waals surface area contributed by atoms with Gasteiger partial charge in [0.1, 0.15) is 5.75 Å². The normalized spacial score (nSPS) is 10.9. The first-order valence-electron chi connectivity index (χ1n) is 9.77. The van der Waals surface area contributed by atoms with Crippen molar-refractivity contribution < 1.29 is 9.53 Å². The number of ether oxygens (including phenoxy) is 1. The number of para-hydroxylation sites is 1. The van der Waals surface area contributed by atoms with Crippen LogP contribution in [0.15, 0.2) is 60.9 Å². The summed E-state index contributed by atoms with van der Waals surface area (Å²) >= 11 is 1.53. The summed E-state index contributed by atoms with van der Waals surface area (Å²) < 4.78 is 6.92. The van der Waals surface area contributed by atoms with Gasteiger partial charge in [-0.05, 0) is 61.2 Å². The van der Waals surface area contributed by atoms with E-state index in [9.17, 15) is 4.79 Å². The number of carbonyl (C=O) groups is 1. The van der Waals surface area contributed by atoms with Crippen LogP contribution in [0.4, 0.5) is 5.13 Å². The smallest absolute Gasteiger partial charge is 0.267 e. The lowest BCUT2D eigenvalue weighted by Crippen LogP contribution is -2.34. The molecule has 0 aliphatic carbocycles. The van der Waals surface area contributed by atoms with Gasteiger partial charge in [-0.3, -0.25) is 14.7 Å². The lowest BCUT2D eigenvalue weighted by molar-refractivity contribution is -0.120. The van der Waals surface area contributed by atoms with Gasteiger partial charge in [0, 0.05) is 12.4 Å². The largest absolute Gasteiger partial charge is 0.483 e. The van der Waals surface area contributed by atoms with Gasteiger partial charge in [-0.25, -0.2) is 4.98 Å². The highest BCUT2D eigenvalue weighted by atomic mass is 32.1. The Labute approximate surface area is 180 Å². The molecule has 2 aromatic carbocycles. The second-order valence-corrected chi connectivity index (χ2v) is 8.30. The fourth-order valence-corrected chi connectivity index (χ4v) is 4.39. The maximum atomic E-state index is 13.2. The van der Waals surface area contributed by atoms with Crippen molar-refractivity contribution in [2.24, 2.45) is 0 Å². The minimum atomic E-state index is -0.143. The molecule has 152 valence electrons. The molecule has 0 saturated heterocycles. The molecule has 0 fully saturated rings. The van der Waals surface area contributed by atoms with Crippen LogP contribution in [0.25, 0.3) is 10.2 Å². The van der Waals surface area contributed by atoms with E-state index in [1.165, 1.54) is 16.9 Å². The molecule has 0 atom stereocenters. The lowest BCUT2D eigenvalue weighted by Gasteiger charge is -2.20. The van der Waals surface area contributed by atoms with Crippen LogP contribution in [0.2, 0.25) is 0 Å². The Balaban J connectivity index is 1.65. The Morgan fingerprint density at radius 3 is 2.67 bits per heavy atom. The average molecular weight is 418 g/mol. The highest BCUT2D eigenvalue weighted by Crippen LogP contribution is 2.33. The highest BCUT2D eigenvalue weighted by Gasteiger charge is 2.22. The second-order valence-electron chi connectivity index (χ2n) is 7.32. The summed E-state index contributed by atoms with van der Waals surface area (Å²) in [6, 6.07) is 15.7. The van der Waals surface area contributed by atoms with Crippen LogP contribution in [0.5, 0.6) is 5.75 Å². The topological polar surface area (TPSA) is 55.3 Å². The number of aromatic nitrogens is 2. The van der Waals surface area contributed by atoms with E-state index in [0.29, 0.717) is 17.4 Å². The molecule has 0 bridgehead atoms. The third kappa shape index (κ3) is 4.33. The van der Waals surface area contributed by atoms with Crippen molar-refractivity contribution in [2.45, 2.75) is 27.3 Å². The van der Waals surface area contributed by atoms with Crippen LogP contribution < -0.4 is 9.64 Å². The molecule has 4 aromatic rings. The number of aryl methyl sites for hydroxylation is 3. The number of fused-ring (bicyclic) bond motifs is 1. The zero-order valence-electron chi connectivity index (χ0n) is 17.3. The monoisotopic (exact) mass is 417 g/mol. The third-order valence-electron chi connectivity index (χ3n) is 4.85. The number of benzene rings is 2. The number of carbonyl (C=O) groups excluding carboxylic acids is 1. The summed E-state index contributed by atoms with van der Waals surface area (Å²) in [4.78, 5) is 23.8. The number of pyridine rings is 1. The van der Waals surface area contributed by atoms with Crippen molar-refractivity contribution >= 4 is 32.6 Å². The molecule has 2 heterocycles. The molecule has 30 heavy (non-hydrogen) atoms. The summed E-state index contributed by atoms with van der Waals surface area (Å²) in [6.45, 7) is 6.43. The number of amides is 1. The maximum absolute atomic E-state index is 13.2. The van der Waals surface area contributed by atoms with E-state index >= 15 is 0 Å². The first-order chi connectivity index (χ1) is 14.5. The number of hydrogen-bond donors (Lipinski definition) is 0. The summed E-state index contributed by atoms with van der Waals surface area (Å²) in [6.07, 6.45) is 3.49.